The molecule has 1 fully saturated rings. The number of hydrogen-bond acceptors (Lipinski definition) is 4. The van der Waals surface area contributed by atoms with Crippen molar-refractivity contribution < 1.29 is 13.2 Å². The number of fused-ring (bicyclic) bond motifs is 1. The van der Waals surface area contributed by atoms with Crippen LogP contribution in [0.25, 0.3) is 10.9 Å². The first kappa shape index (κ1) is 17.9. The smallest absolute Gasteiger partial charge is 0.245 e. The van der Waals surface area contributed by atoms with Gasteiger partial charge in [0.25, 0.3) is 0 Å². The Labute approximate surface area is 148 Å². The van der Waals surface area contributed by atoms with Crippen LogP contribution >= 0.6 is 0 Å². The van der Waals surface area contributed by atoms with Crippen LogP contribution in [0.4, 0.5) is 5.69 Å². The lowest BCUT2D eigenvalue weighted by molar-refractivity contribution is -0.119. The van der Waals surface area contributed by atoms with E-state index in [1.54, 1.807) is 0 Å². The van der Waals surface area contributed by atoms with Gasteiger partial charge in [0.05, 0.1) is 0 Å². The highest BCUT2D eigenvalue weighted by Gasteiger charge is 2.48. The average molecular weight is 363 g/mol. The molecule has 0 unspecified atom stereocenters. The van der Waals surface area contributed by atoms with Gasteiger partial charge in [0.2, 0.25) is 5.91 Å². The van der Waals surface area contributed by atoms with Crippen molar-refractivity contribution in [1.29, 1.82) is 0 Å². The van der Waals surface area contributed by atoms with Crippen LogP contribution in [0, 0.1) is 0 Å². The lowest BCUT2D eigenvalue weighted by atomic mass is 9.95. The molecule has 1 aliphatic rings. The summed E-state index contributed by atoms with van der Waals surface area (Å²) in [5.41, 5.74) is 1.74. The van der Waals surface area contributed by atoms with E-state index in [0.717, 1.165) is 30.1 Å². The van der Waals surface area contributed by atoms with Gasteiger partial charge in [0, 0.05) is 35.6 Å². The molecule has 25 heavy (non-hydrogen) atoms. The van der Waals surface area contributed by atoms with Gasteiger partial charge in [-0.2, -0.15) is 0 Å². The minimum Gasteiger partial charge on any atom is -0.347 e. The second-order valence-electron chi connectivity index (χ2n) is 6.75. The molecule has 0 atom stereocenters. The number of nitrogens with zero attached hydrogens (tertiary/aromatic N) is 1. The number of benzene rings is 1. The Morgan fingerprint density at radius 2 is 2.00 bits per heavy atom. The molecule has 0 spiro atoms. The van der Waals surface area contributed by atoms with Gasteiger partial charge in [-0.15, -0.1) is 0 Å². The largest absolute Gasteiger partial charge is 0.347 e. The van der Waals surface area contributed by atoms with Crippen molar-refractivity contribution in [2.45, 2.75) is 37.5 Å². The van der Waals surface area contributed by atoms with Crippen molar-refractivity contribution in [1.82, 2.24) is 9.88 Å². The van der Waals surface area contributed by atoms with E-state index >= 15 is 0 Å². The summed E-state index contributed by atoms with van der Waals surface area (Å²) in [6.07, 6.45) is 4.84. The van der Waals surface area contributed by atoms with Gasteiger partial charge in [0.15, 0.2) is 14.6 Å². The Hall–Kier alpha value is -1.86. The van der Waals surface area contributed by atoms with E-state index in [9.17, 15) is 13.2 Å². The zero-order chi connectivity index (χ0) is 18.1. The highest BCUT2D eigenvalue weighted by atomic mass is 32.2. The summed E-state index contributed by atoms with van der Waals surface area (Å²) < 4.78 is 25.5. The van der Waals surface area contributed by atoms with Crippen LogP contribution in [0.1, 0.15) is 26.2 Å². The van der Waals surface area contributed by atoms with Gasteiger partial charge in [-0.3, -0.25) is 4.79 Å². The van der Waals surface area contributed by atoms with Gasteiger partial charge in [-0.1, -0.05) is 6.92 Å². The number of hydrogen-bond donors (Lipinski definition) is 2. The molecule has 1 saturated heterocycles. The fourth-order valence-electron chi connectivity index (χ4n) is 3.56. The summed E-state index contributed by atoms with van der Waals surface area (Å²) in [6, 6.07) is 7.72. The molecular formula is C18H25N3O3S. The number of nitrogens with one attached hydrogen (secondary N) is 2. The molecule has 7 heteroatoms. The van der Waals surface area contributed by atoms with Gasteiger partial charge >= 0.3 is 0 Å². The standard InChI is InChI=1S/C18H25N3O3S/c1-3-11-21-12-6-14-13-15(4-5-16(14)21)20-17(22)18(25(2,23)24)7-9-19-10-8-18/h4-6,12-13,19H,3,7-11H2,1-2H3,(H,20,22). The molecule has 2 heterocycles. The highest BCUT2D eigenvalue weighted by Crippen LogP contribution is 2.30. The van der Waals surface area contributed by atoms with Crippen LogP contribution in [0.15, 0.2) is 30.5 Å². The molecular weight excluding hydrogens is 338 g/mol. The molecule has 0 aliphatic carbocycles. The van der Waals surface area contributed by atoms with E-state index in [1.165, 1.54) is 0 Å². The summed E-state index contributed by atoms with van der Waals surface area (Å²) in [4.78, 5) is 12.9. The van der Waals surface area contributed by atoms with E-state index < -0.39 is 20.5 Å². The van der Waals surface area contributed by atoms with Gasteiger partial charge in [0.1, 0.15) is 0 Å². The number of piperidine rings is 1. The summed E-state index contributed by atoms with van der Waals surface area (Å²) in [5.74, 6) is -0.427. The van der Waals surface area contributed by atoms with Crippen LogP contribution in [-0.4, -0.2) is 43.0 Å². The Balaban J connectivity index is 1.88. The van der Waals surface area contributed by atoms with Crippen LogP contribution in [0.5, 0.6) is 0 Å². The minimum atomic E-state index is -3.51. The first-order valence-electron chi connectivity index (χ1n) is 8.68. The number of aromatic nitrogens is 1. The predicted octanol–water partition coefficient (Wildman–Crippen LogP) is 2.16. The molecule has 3 rings (SSSR count). The number of sulfone groups is 1. The molecule has 2 aromatic rings. The maximum absolute atomic E-state index is 12.9. The second kappa shape index (κ2) is 6.80. The van der Waals surface area contributed by atoms with E-state index in [-0.39, 0.29) is 0 Å². The number of carbonyl (C=O) groups excluding carboxylic acids is 1. The lowest BCUT2D eigenvalue weighted by Gasteiger charge is -2.34. The average Bonchev–Trinajstić information content (AvgIpc) is 2.97. The number of amides is 1. The molecule has 1 aromatic heterocycles. The zero-order valence-electron chi connectivity index (χ0n) is 14.7. The summed E-state index contributed by atoms with van der Waals surface area (Å²) in [6.45, 7) is 4.13. The normalized spacial score (nSPS) is 17.5. The predicted molar refractivity (Wildman–Crippen MR) is 101 cm³/mol. The quantitative estimate of drug-likeness (QED) is 0.853. The highest BCUT2D eigenvalue weighted by molar-refractivity contribution is 7.92. The van der Waals surface area contributed by atoms with Gasteiger partial charge < -0.3 is 15.2 Å². The summed E-state index contributed by atoms with van der Waals surface area (Å²) in [7, 11) is -3.51. The Morgan fingerprint density at radius 3 is 2.64 bits per heavy atom. The molecule has 6 nitrogen and oxygen atoms in total. The van der Waals surface area contributed by atoms with Crippen LogP contribution in [-0.2, 0) is 21.2 Å². The van der Waals surface area contributed by atoms with Crippen molar-refractivity contribution >= 4 is 32.3 Å². The molecule has 1 aliphatic heterocycles. The molecule has 1 aromatic carbocycles. The Kier molecular flexibility index (Phi) is 4.88. The van der Waals surface area contributed by atoms with Crippen molar-refractivity contribution in [2.24, 2.45) is 0 Å². The first-order chi connectivity index (χ1) is 11.9. The van der Waals surface area contributed by atoms with Crippen molar-refractivity contribution in [3.05, 3.63) is 30.5 Å². The third kappa shape index (κ3) is 3.30. The van der Waals surface area contributed by atoms with Gasteiger partial charge in [-0.25, -0.2) is 8.42 Å². The molecule has 2 N–H and O–H groups in total. The Bertz CT molecular complexity index is 880. The number of carbonyl (C=O) groups is 1. The number of aryl methyl sites for hydroxylation is 1. The van der Waals surface area contributed by atoms with Crippen molar-refractivity contribution in [3.63, 3.8) is 0 Å². The number of rotatable bonds is 5. The maximum atomic E-state index is 12.9. The molecule has 0 saturated carbocycles. The van der Waals surface area contributed by atoms with Crippen molar-refractivity contribution in [2.75, 3.05) is 24.7 Å². The molecule has 0 bridgehead atoms. The molecule has 0 radical (unpaired) electrons. The third-order valence-corrected chi connectivity index (χ3v) is 7.04. The first-order valence-corrected chi connectivity index (χ1v) is 10.6. The maximum Gasteiger partial charge on any atom is 0.245 e. The topological polar surface area (TPSA) is 80.2 Å². The third-order valence-electron chi connectivity index (χ3n) is 5.03. The number of anilines is 1. The van der Waals surface area contributed by atoms with Crippen LogP contribution in [0.3, 0.4) is 0 Å². The van der Waals surface area contributed by atoms with Gasteiger partial charge in [-0.05, 0) is 56.6 Å². The lowest BCUT2D eigenvalue weighted by Crippen LogP contribution is -2.55. The SMILES string of the molecule is CCCn1ccc2cc(NC(=O)C3(S(C)(=O)=O)CCNCC3)ccc21. The minimum absolute atomic E-state index is 0.298. The summed E-state index contributed by atoms with van der Waals surface area (Å²) in [5, 5.41) is 6.99. The molecule has 136 valence electrons. The van der Waals surface area contributed by atoms with Crippen LogP contribution < -0.4 is 10.6 Å². The Morgan fingerprint density at radius 1 is 1.28 bits per heavy atom. The zero-order valence-corrected chi connectivity index (χ0v) is 15.5. The van der Waals surface area contributed by atoms with Crippen molar-refractivity contribution in [3.8, 4) is 0 Å². The van der Waals surface area contributed by atoms with E-state index in [0.29, 0.717) is 31.6 Å². The monoisotopic (exact) mass is 363 g/mol. The van der Waals surface area contributed by atoms with E-state index in [1.807, 2.05) is 30.5 Å². The second-order valence-corrected chi connectivity index (χ2v) is 9.08. The van der Waals surface area contributed by atoms with E-state index in [4.69, 9.17) is 0 Å². The van der Waals surface area contributed by atoms with Crippen LogP contribution in [0.2, 0.25) is 0 Å². The fraction of sp³-hybridized carbons (Fsp3) is 0.500. The van der Waals surface area contributed by atoms with E-state index in [2.05, 4.69) is 22.1 Å². The fourth-order valence-corrected chi connectivity index (χ4v) is 4.89. The summed E-state index contributed by atoms with van der Waals surface area (Å²) >= 11 is 0. The molecule has 1 amide bonds.